The fourth-order valence-corrected chi connectivity index (χ4v) is 0.395. The standard InChI is InChI=1S/C6H11NO4/c1-3-4-5(8)11-7-6(9)10-2/h3-4H2,1-2H3,(H,7,9). The van der Waals surface area contributed by atoms with Crippen molar-refractivity contribution >= 4 is 12.1 Å². The van der Waals surface area contributed by atoms with Crippen LogP contribution in [-0.4, -0.2) is 19.2 Å². The maximum absolute atomic E-state index is 10.6. The van der Waals surface area contributed by atoms with Crippen LogP contribution in [0.4, 0.5) is 4.79 Å². The molecular weight excluding hydrogens is 150 g/mol. The summed E-state index contributed by atoms with van der Waals surface area (Å²) in [6, 6.07) is 0. The molecule has 0 fully saturated rings. The third kappa shape index (κ3) is 5.20. The van der Waals surface area contributed by atoms with Gasteiger partial charge in [0.25, 0.3) is 0 Å². The van der Waals surface area contributed by atoms with Crippen molar-refractivity contribution in [1.82, 2.24) is 5.48 Å². The Balaban J connectivity index is 3.38. The molecule has 1 amide bonds. The summed E-state index contributed by atoms with van der Waals surface area (Å²) in [6.45, 7) is 1.83. The van der Waals surface area contributed by atoms with Crippen molar-refractivity contribution < 1.29 is 19.2 Å². The lowest BCUT2D eigenvalue weighted by Gasteiger charge is -2.02. The van der Waals surface area contributed by atoms with Gasteiger partial charge < -0.3 is 9.57 Å². The highest BCUT2D eigenvalue weighted by Crippen LogP contribution is 1.88. The first-order valence-corrected chi connectivity index (χ1v) is 3.24. The number of rotatable bonds is 2. The van der Waals surface area contributed by atoms with Gasteiger partial charge in [-0.1, -0.05) is 6.92 Å². The number of carbonyl (C=O) groups is 2. The summed E-state index contributed by atoms with van der Waals surface area (Å²) in [4.78, 5) is 25.2. The zero-order valence-electron chi connectivity index (χ0n) is 6.55. The first-order chi connectivity index (χ1) is 5.20. The molecule has 0 aliphatic carbocycles. The van der Waals surface area contributed by atoms with Crippen LogP contribution in [0.3, 0.4) is 0 Å². The third-order valence-electron chi connectivity index (χ3n) is 0.888. The predicted octanol–water partition coefficient (Wildman–Crippen LogP) is 0.601. The molecule has 0 unspecified atom stereocenters. The Kier molecular flexibility index (Phi) is 4.89. The molecule has 0 spiro atoms. The topological polar surface area (TPSA) is 64.6 Å². The van der Waals surface area contributed by atoms with Crippen LogP contribution in [0.1, 0.15) is 19.8 Å². The third-order valence-corrected chi connectivity index (χ3v) is 0.888. The van der Waals surface area contributed by atoms with E-state index in [1.54, 1.807) is 5.48 Å². The molecule has 0 saturated heterocycles. The van der Waals surface area contributed by atoms with E-state index in [2.05, 4.69) is 9.57 Å². The van der Waals surface area contributed by atoms with Gasteiger partial charge in [0, 0.05) is 6.42 Å². The van der Waals surface area contributed by atoms with E-state index in [4.69, 9.17) is 0 Å². The second-order valence-corrected chi connectivity index (χ2v) is 1.82. The van der Waals surface area contributed by atoms with Gasteiger partial charge in [-0.3, -0.25) is 0 Å². The first kappa shape index (κ1) is 9.74. The van der Waals surface area contributed by atoms with Gasteiger partial charge in [0.05, 0.1) is 7.11 Å². The number of methoxy groups -OCH3 is 1. The molecule has 0 atom stereocenters. The molecule has 1 N–H and O–H groups in total. The van der Waals surface area contributed by atoms with E-state index < -0.39 is 12.1 Å². The van der Waals surface area contributed by atoms with Crippen molar-refractivity contribution in [1.29, 1.82) is 0 Å². The normalized spacial score (nSPS) is 8.55. The lowest BCUT2D eigenvalue weighted by Crippen LogP contribution is -2.26. The van der Waals surface area contributed by atoms with Crippen LogP contribution in [0, 0.1) is 0 Å². The van der Waals surface area contributed by atoms with E-state index >= 15 is 0 Å². The summed E-state index contributed by atoms with van der Waals surface area (Å²) in [5.41, 5.74) is 1.81. The smallest absolute Gasteiger partial charge is 0.440 e. The molecule has 5 nitrogen and oxygen atoms in total. The highest BCUT2D eigenvalue weighted by Gasteiger charge is 2.03. The van der Waals surface area contributed by atoms with E-state index in [1.165, 1.54) is 7.11 Å². The minimum absolute atomic E-state index is 0.282. The SMILES string of the molecule is CCCC(=O)ONC(=O)OC. The number of amides is 1. The van der Waals surface area contributed by atoms with Crippen LogP contribution in [0.25, 0.3) is 0 Å². The van der Waals surface area contributed by atoms with E-state index in [0.717, 1.165) is 0 Å². The Morgan fingerprint density at radius 3 is 2.55 bits per heavy atom. The summed E-state index contributed by atoms with van der Waals surface area (Å²) in [5.74, 6) is -0.474. The molecule has 5 heteroatoms. The van der Waals surface area contributed by atoms with Crippen molar-refractivity contribution in [2.45, 2.75) is 19.8 Å². The first-order valence-electron chi connectivity index (χ1n) is 3.24. The van der Waals surface area contributed by atoms with E-state index in [-0.39, 0.29) is 6.42 Å². The molecule has 0 saturated carbocycles. The highest BCUT2D eigenvalue weighted by atomic mass is 16.7. The van der Waals surface area contributed by atoms with Crippen molar-refractivity contribution in [3.05, 3.63) is 0 Å². The minimum atomic E-state index is -0.783. The number of carbonyl (C=O) groups excluding carboxylic acids is 2. The number of ether oxygens (including phenoxy) is 1. The lowest BCUT2D eigenvalue weighted by atomic mass is 10.3. The Bertz CT molecular complexity index is 146. The van der Waals surface area contributed by atoms with Gasteiger partial charge in [-0.15, -0.1) is 5.48 Å². The molecule has 0 aromatic carbocycles. The monoisotopic (exact) mass is 161 g/mol. The van der Waals surface area contributed by atoms with Crippen LogP contribution in [0.15, 0.2) is 0 Å². The molecule has 0 rings (SSSR count). The molecular formula is C6H11NO4. The molecule has 0 radical (unpaired) electrons. The number of hydrogen-bond donors (Lipinski definition) is 1. The van der Waals surface area contributed by atoms with Gasteiger partial charge in [-0.05, 0) is 6.42 Å². The van der Waals surface area contributed by atoms with E-state index in [9.17, 15) is 9.59 Å². The zero-order valence-corrected chi connectivity index (χ0v) is 6.55. The van der Waals surface area contributed by atoms with Gasteiger partial charge in [-0.25, -0.2) is 9.59 Å². The molecule has 0 aliphatic rings. The fraction of sp³-hybridized carbons (Fsp3) is 0.667. The maximum atomic E-state index is 10.6. The van der Waals surface area contributed by atoms with E-state index in [0.29, 0.717) is 6.42 Å². The maximum Gasteiger partial charge on any atom is 0.440 e. The highest BCUT2D eigenvalue weighted by molar-refractivity contribution is 5.72. The van der Waals surface area contributed by atoms with Crippen LogP contribution in [-0.2, 0) is 14.4 Å². The summed E-state index contributed by atoms with van der Waals surface area (Å²) in [5, 5.41) is 0. The molecule has 0 aromatic rings. The van der Waals surface area contributed by atoms with Crippen molar-refractivity contribution in [3.63, 3.8) is 0 Å². The molecule has 11 heavy (non-hydrogen) atoms. The molecule has 0 bridgehead atoms. The van der Waals surface area contributed by atoms with Gasteiger partial charge in [0.1, 0.15) is 0 Å². The van der Waals surface area contributed by atoms with Crippen LogP contribution >= 0.6 is 0 Å². The van der Waals surface area contributed by atoms with Gasteiger partial charge in [-0.2, -0.15) is 0 Å². The number of hydrogen-bond acceptors (Lipinski definition) is 4. The molecule has 0 aromatic heterocycles. The molecule has 0 heterocycles. The number of hydroxylamine groups is 1. The van der Waals surface area contributed by atoms with Crippen molar-refractivity contribution in [2.75, 3.05) is 7.11 Å². The predicted molar refractivity (Wildman–Crippen MR) is 36.5 cm³/mol. The largest absolute Gasteiger partial charge is 0.451 e. The zero-order chi connectivity index (χ0) is 8.69. The second kappa shape index (κ2) is 5.52. The fourth-order valence-electron chi connectivity index (χ4n) is 0.395. The van der Waals surface area contributed by atoms with Gasteiger partial charge >= 0.3 is 12.1 Å². The Labute approximate surface area is 64.6 Å². The van der Waals surface area contributed by atoms with Crippen molar-refractivity contribution in [3.8, 4) is 0 Å². The Hall–Kier alpha value is -1.26. The van der Waals surface area contributed by atoms with Crippen molar-refractivity contribution in [2.24, 2.45) is 0 Å². The lowest BCUT2D eigenvalue weighted by molar-refractivity contribution is -0.149. The van der Waals surface area contributed by atoms with Crippen LogP contribution in [0.2, 0.25) is 0 Å². The summed E-state index contributed by atoms with van der Waals surface area (Å²) in [6.07, 6.45) is 0.181. The van der Waals surface area contributed by atoms with Gasteiger partial charge in [0.15, 0.2) is 0 Å². The van der Waals surface area contributed by atoms with Crippen LogP contribution in [0.5, 0.6) is 0 Å². The molecule has 64 valence electrons. The average molecular weight is 161 g/mol. The van der Waals surface area contributed by atoms with Crippen LogP contribution < -0.4 is 5.48 Å². The Morgan fingerprint density at radius 1 is 1.45 bits per heavy atom. The summed E-state index contributed by atoms with van der Waals surface area (Å²) >= 11 is 0. The summed E-state index contributed by atoms with van der Waals surface area (Å²) < 4.78 is 4.15. The minimum Gasteiger partial charge on any atom is -0.451 e. The molecule has 0 aliphatic heterocycles. The summed E-state index contributed by atoms with van der Waals surface area (Å²) in [7, 11) is 1.18. The average Bonchev–Trinajstić information content (AvgIpc) is 2.01. The number of nitrogens with one attached hydrogen (secondary N) is 1. The quantitative estimate of drug-likeness (QED) is 0.602. The second-order valence-electron chi connectivity index (χ2n) is 1.82. The Morgan fingerprint density at radius 2 is 2.09 bits per heavy atom. The van der Waals surface area contributed by atoms with Gasteiger partial charge in [0.2, 0.25) is 0 Å². The van der Waals surface area contributed by atoms with E-state index in [1.807, 2.05) is 6.92 Å².